The molecule has 3 heterocycles. The predicted molar refractivity (Wildman–Crippen MR) is 168 cm³/mol. The van der Waals surface area contributed by atoms with Crippen LogP contribution < -0.4 is 21.4 Å². The summed E-state index contributed by atoms with van der Waals surface area (Å²) >= 11 is 0. The maximum absolute atomic E-state index is 13.6. The van der Waals surface area contributed by atoms with E-state index in [9.17, 15) is 38.7 Å². The maximum Gasteiger partial charge on any atom is 0.330 e. The smallest absolute Gasteiger partial charge is 0.330 e. The topological polar surface area (TPSA) is 216 Å². The van der Waals surface area contributed by atoms with Crippen LogP contribution >= 0.6 is 0 Å². The highest BCUT2D eigenvalue weighted by Crippen LogP contribution is 2.21. The number of hydrogen-bond donors (Lipinski definition) is 5. The number of cyclic esters (lactones) is 1. The van der Waals surface area contributed by atoms with Crippen molar-refractivity contribution in [2.45, 2.75) is 122 Å². The molecule has 6 atom stereocenters. The van der Waals surface area contributed by atoms with Gasteiger partial charge in [-0.2, -0.15) is 5.10 Å². The molecule has 3 aliphatic heterocycles. The van der Waals surface area contributed by atoms with Crippen molar-refractivity contribution < 1.29 is 43.4 Å². The fourth-order valence-corrected chi connectivity index (χ4v) is 5.78. The molecule has 2 saturated heterocycles. The maximum atomic E-state index is 13.6. The summed E-state index contributed by atoms with van der Waals surface area (Å²) in [5.74, 6) is -6.25. The van der Waals surface area contributed by atoms with Gasteiger partial charge in [-0.1, -0.05) is 40.0 Å². The van der Waals surface area contributed by atoms with E-state index in [4.69, 9.17) is 4.74 Å². The van der Waals surface area contributed by atoms with Crippen LogP contribution in [0.3, 0.4) is 0 Å². The first kappa shape index (κ1) is 37.4. The molecule has 5 amide bonds. The van der Waals surface area contributed by atoms with Gasteiger partial charge in [0.15, 0.2) is 0 Å². The van der Waals surface area contributed by atoms with Crippen molar-refractivity contribution in [1.29, 1.82) is 0 Å². The van der Waals surface area contributed by atoms with Crippen molar-refractivity contribution in [2.75, 3.05) is 13.2 Å². The minimum absolute atomic E-state index is 0.0389. The van der Waals surface area contributed by atoms with E-state index in [0.717, 1.165) is 22.9 Å². The van der Waals surface area contributed by atoms with Gasteiger partial charge in [0, 0.05) is 19.2 Å². The molecule has 0 aromatic carbocycles. The third kappa shape index (κ3) is 10.5. The Morgan fingerprint density at radius 3 is 2.53 bits per heavy atom. The van der Waals surface area contributed by atoms with Gasteiger partial charge < -0.3 is 25.8 Å². The highest BCUT2D eigenvalue weighted by molar-refractivity contribution is 5.97. The third-order valence-electron chi connectivity index (χ3n) is 8.41. The minimum atomic E-state index is -1.46. The molecular formula is C31H49N7O9. The Labute approximate surface area is 274 Å². The lowest BCUT2D eigenvalue weighted by atomic mass is 9.97. The summed E-state index contributed by atoms with van der Waals surface area (Å²) in [5, 5.41) is 23.7. The van der Waals surface area contributed by atoms with Crippen molar-refractivity contribution >= 4 is 47.7 Å². The number of esters is 1. The first-order valence-electron chi connectivity index (χ1n) is 16.6. The van der Waals surface area contributed by atoms with Crippen LogP contribution in [0.2, 0.25) is 0 Å². The van der Waals surface area contributed by atoms with Gasteiger partial charge in [0.1, 0.15) is 36.8 Å². The Bertz CT molecular complexity index is 1210. The number of carboxylic acid groups (broad SMARTS) is 1. The summed E-state index contributed by atoms with van der Waals surface area (Å²) in [7, 11) is 0. The van der Waals surface area contributed by atoms with Gasteiger partial charge in [-0.05, 0) is 51.4 Å². The molecule has 0 saturated carbocycles. The van der Waals surface area contributed by atoms with Gasteiger partial charge in [-0.3, -0.25) is 33.8 Å². The van der Waals surface area contributed by atoms with E-state index in [1.165, 1.54) is 13.1 Å². The van der Waals surface area contributed by atoms with Gasteiger partial charge in [0.2, 0.25) is 23.6 Å². The number of nitrogens with zero attached hydrogens (tertiary/aromatic N) is 3. The molecule has 3 rings (SSSR count). The fraction of sp³-hybridized carbons (Fsp3) is 0.742. The number of ether oxygens (including phenoxy) is 1. The summed E-state index contributed by atoms with van der Waals surface area (Å²) in [6.45, 7) is 7.00. The van der Waals surface area contributed by atoms with E-state index in [2.05, 4.69) is 26.5 Å². The van der Waals surface area contributed by atoms with E-state index in [0.29, 0.717) is 32.2 Å². The third-order valence-corrected chi connectivity index (χ3v) is 8.41. The number of carboxylic acids is 1. The average molecular weight is 664 g/mol. The summed E-state index contributed by atoms with van der Waals surface area (Å²) < 4.78 is 5.49. The number of fused-ring (bicyclic) bond motifs is 1. The van der Waals surface area contributed by atoms with Crippen LogP contribution in [-0.4, -0.2) is 106 Å². The first-order valence-corrected chi connectivity index (χ1v) is 16.6. The fourth-order valence-electron chi connectivity index (χ4n) is 5.78. The molecule has 0 spiro atoms. The highest BCUT2D eigenvalue weighted by atomic mass is 16.5. The molecule has 5 N–H and O–H groups in total. The first-order chi connectivity index (χ1) is 22.3. The van der Waals surface area contributed by atoms with Crippen molar-refractivity contribution in [3.05, 3.63) is 0 Å². The lowest BCUT2D eigenvalue weighted by Gasteiger charge is -2.36. The Balaban J connectivity index is 1.84. The molecule has 2 fully saturated rings. The molecule has 0 aromatic rings. The number of unbranched alkanes of at least 4 members (excludes halogenated alkanes) is 2. The van der Waals surface area contributed by atoms with Gasteiger partial charge in [-0.15, -0.1) is 0 Å². The molecule has 0 bridgehead atoms. The zero-order chi connectivity index (χ0) is 34.7. The zero-order valence-electron chi connectivity index (χ0n) is 27.7. The highest BCUT2D eigenvalue weighted by Gasteiger charge is 2.40. The van der Waals surface area contributed by atoms with Gasteiger partial charge in [-0.25, -0.2) is 15.2 Å². The van der Waals surface area contributed by atoms with E-state index < -0.39 is 84.2 Å². The quantitative estimate of drug-likeness (QED) is 0.150. The van der Waals surface area contributed by atoms with E-state index in [-0.39, 0.29) is 31.6 Å². The van der Waals surface area contributed by atoms with Crippen molar-refractivity contribution in [3.63, 3.8) is 0 Å². The van der Waals surface area contributed by atoms with E-state index in [1.807, 2.05) is 20.8 Å². The van der Waals surface area contributed by atoms with Crippen LogP contribution in [0.5, 0.6) is 0 Å². The lowest BCUT2D eigenvalue weighted by molar-refractivity contribution is -0.162. The number of hydrazone groups is 1. The zero-order valence-corrected chi connectivity index (χ0v) is 27.7. The summed E-state index contributed by atoms with van der Waals surface area (Å²) in [4.78, 5) is 92.1. The van der Waals surface area contributed by atoms with E-state index in [1.54, 1.807) is 0 Å². The lowest BCUT2D eigenvalue weighted by Crippen LogP contribution is -2.61. The molecular weight excluding hydrogens is 614 g/mol. The average Bonchev–Trinajstić information content (AvgIpc) is 3.04. The number of carbonyl (C=O) groups is 7. The number of rotatable bonds is 11. The van der Waals surface area contributed by atoms with Crippen LogP contribution in [0.25, 0.3) is 0 Å². The van der Waals surface area contributed by atoms with Crippen LogP contribution in [-0.2, 0) is 38.3 Å². The Morgan fingerprint density at radius 1 is 1.11 bits per heavy atom. The second kappa shape index (κ2) is 17.7. The molecule has 0 aromatic heterocycles. The van der Waals surface area contributed by atoms with Crippen LogP contribution in [0, 0.1) is 11.8 Å². The normalized spacial score (nSPS) is 26.5. The molecule has 0 radical (unpaired) electrons. The Kier molecular flexibility index (Phi) is 14.1. The second-order valence-electron chi connectivity index (χ2n) is 12.8. The monoisotopic (exact) mass is 663 g/mol. The molecule has 0 aliphatic carbocycles. The number of nitrogens with one attached hydrogen (secondary N) is 4. The van der Waals surface area contributed by atoms with Crippen LogP contribution in [0.4, 0.5) is 0 Å². The van der Waals surface area contributed by atoms with Crippen molar-refractivity contribution in [1.82, 2.24) is 31.4 Å². The molecule has 3 aliphatic rings. The van der Waals surface area contributed by atoms with Crippen molar-refractivity contribution in [3.8, 4) is 0 Å². The summed E-state index contributed by atoms with van der Waals surface area (Å²) in [6, 6.07) is -5.73. The number of amides is 5. The van der Waals surface area contributed by atoms with Crippen LogP contribution in [0.15, 0.2) is 5.10 Å². The van der Waals surface area contributed by atoms with Gasteiger partial charge >= 0.3 is 11.9 Å². The number of carbonyl (C=O) groups excluding carboxylic acids is 6. The second-order valence-corrected chi connectivity index (χ2v) is 12.8. The molecule has 47 heavy (non-hydrogen) atoms. The van der Waals surface area contributed by atoms with Crippen molar-refractivity contribution in [2.24, 2.45) is 16.9 Å². The van der Waals surface area contributed by atoms with Gasteiger partial charge in [0.25, 0.3) is 5.91 Å². The molecule has 3 unspecified atom stereocenters. The minimum Gasteiger partial charge on any atom is -0.481 e. The molecule has 16 nitrogen and oxygen atoms in total. The van der Waals surface area contributed by atoms with E-state index >= 15 is 0 Å². The van der Waals surface area contributed by atoms with Gasteiger partial charge in [0.05, 0.1) is 5.92 Å². The largest absolute Gasteiger partial charge is 0.481 e. The molecule has 262 valence electrons. The SMILES string of the molecule is CCCCCC(CC(=O)N1N=CCCC1C(=O)N[C@H]1COC(=O)[C@H]2CCCNN2C(=O)C(C)NC(=O)[C@@H](CC(C)C)NC1=O)C(=O)O. The number of aliphatic carboxylic acids is 1. The summed E-state index contributed by atoms with van der Waals surface area (Å²) in [6.07, 6.45) is 5.33. The number of hydrazine groups is 1. The Hall–Kier alpha value is -4.08. The number of hydrogen-bond acceptors (Lipinski definition) is 10. The van der Waals surface area contributed by atoms with Crippen LogP contribution in [0.1, 0.15) is 91.9 Å². The standard InChI is InChI=1S/C31H49N7O9/c1-5-6-7-10-20(30(44)45)16-25(39)37-23(11-8-13-32-37)28(42)36-22-17-47-31(46)24-12-9-14-33-38(24)29(43)19(4)34-26(40)21(15-18(2)3)35-27(22)41/h13,18-24,33H,5-12,14-17H2,1-4H3,(H,34,40)(H,35,41)(H,36,42)(H,44,45)/t19?,20?,21-,22+,23?,24-/m1/s1. The predicted octanol–water partition coefficient (Wildman–Crippen LogP) is 0.207. The Morgan fingerprint density at radius 2 is 1.85 bits per heavy atom. The summed E-state index contributed by atoms with van der Waals surface area (Å²) in [5.41, 5.74) is 2.89. The molecule has 16 heteroatoms.